The lowest BCUT2D eigenvalue weighted by molar-refractivity contribution is 0.101. The van der Waals surface area contributed by atoms with E-state index in [2.05, 4.69) is 92.3 Å². The minimum absolute atomic E-state index is 0.164. The minimum Gasteiger partial charge on any atom is -0.342 e. The second kappa shape index (κ2) is 43.8. The van der Waals surface area contributed by atoms with E-state index in [4.69, 9.17) is 29.6 Å². The lowest BCUT2D eigenvalue weighted by Crippen LogP contribution is -2.16. The van der Waals surface area contributed by atoms with Crippen LogP contribution in [-0.2, 0) is 0 Å². The van der Waals surface area contributed by atoms with Gasteiger partial charge in [-0.25, -0.2) is 73.0 Å². The SMILES string of the molecule is C#Cc1cccc(C(=O)Nc2cc(F)cc(N(C)c3cncnc3)c2)c1.Cc1cccc(C(=O)Nc2cc(Cl)cc(N(C)c3cncnc3)c2)c1.Cc1cccc(C(=O)Nc2cc(F)cc(N(C)c3cncnc3)c2)n1.Cc1cccc(C(=O)Nc2ccc(Cl)c(N(C)c3cncnc3)c2)c1.Cc1cccc(C(=O)Nc2ccc(F)c(N(C)c3cncnc3)c2)n1. The molecule has 7 aromatic heterocycles. The van der Waals surface area contributed by atoms with E-state index < -0.39 is 23.4 Å². The van der Waals surface area contributed by atoms with Crippen molar-refractivity contribution in [1.29, 1.82) is 0 Å². The Balaban J connectivity index is 0.000000153. The molecule has 7 heterocycles. The number of hydrogen-bond donors (Lipinski definition) is 5. The Hall–Kier alpha value is -16.3. The Labute approximate surface area is 734 Å². The maximum absolute atomic E-state index is 14.2. The fraction of sp³-hybridized carbons (Fsp3) is 0.0957. The zero-order chi connectivity index (χ0) is 89.8. The fourth-order valence-electron chi connectivity index (χ4n) is 11.9. The second-order valence-corrected chi connectivity index (χ2v) is 28.6. The molecule has 0 fully saturated rings. The van der Waals surface area contributed by atoms with Gasteiger partial charge >= 0.3 is 0 Å². The van der Waals surface area contributed by atoms with Gasteiger partial charge < -0.3 is 51.1 Å². The molecule has 0 bridgehead atoms. The molecule has 632 valence electrons. The first-order valence-electron chi connectivity index (χ1n) is 38.3. The van der Waals surface area contributed by atoms with Crippen molar-refractivity contribution in [2.45, 2.75) is 27.7 Å². The van der Waals surface area contributed by atoms with Gasteiger partial charge in [0.1, 0.15) is 60.5 Å². The third-order valence-electron chi connectivity index (χ3n) is 18.5. The van der Waals surface area contributed by atoms with E-state index in [1.807, 2.05) is 105 Å². The average Bonchev–Trinajstić information content (AvgIpc) is 0.872. The summed E-state index contributed by atoms with van der Waals surface area (Å²) < 4.78 is 42.2. The van der Waals surface area contributed by atoms with Crippen LogP contribution < -0.4 is 51.1 Å². The van der Waals surface area contributed by atoms with Crippen LogP contribution in [0.5, 0.6) is 0 Å². The Morgan fingerprint density at radius 3 is 1.06 bits per heavy atom. The van der Waals surface area contributed by atoms with Gasteiger partial charge in [0.2, 0.25) is 0 Å². The number of hydrogen-bond acceptors (Lipinski definition) is 22. The fourth-order valence-corrected chi connectivity index (χ4v) is 12.4. The summed E-state index contributed by atoms with van der Waals surface area (Å²) in [7, 11) is 8.98. The molecular formula is C94H81Cl2F3N22O5. The molecule has 5 N–H and O–H groups in total. The molecule has 0 aliphatic heterocycles. The third-order valence-corrected chi connectivity index (χ3v) is 19.0. The van der Waals surface area contributed by atoms with Crippen LogP contribution in [0.15, 0.2) is 294 Å². The summed E-state index contributed by atoms with van der Waals surface area (Å²) >= 11 is 12.5. The highest BCUT2D eigenvalue weighted by Crippen LogP contribution is 2.36. The highest BCUT2D eigenvalue weighted by Gasteiger charge is 2.20. The molecular weight excluding hydrogens is 1650 g/mol. The van der Waals surface area contributed by atoms with Gasteiger partial charge in [-0.1, -0.05) is 82.7 Å². The average molecular weight is 1730 g/mol. The van der Waals surface area contributed by atoms with Crippen LogP contribution in [0.1, 0.15) is 80.1 Å². The van der Waals surface area contributed by atoms with Crippen LogP contribution >= 0.6 is 23.2 Å². The van der Waals surface area contributed by atoms with E-state index in [9.17, 15) is 37.1 Å². The molecule has 0 saturated carbocycles. The van der Waals surface area contributed by atoms with Gasteiger partial charge in [0.05, 0.1) is 107 Å². The van der Waals surface area contributed by atoms with Crippen molar-refractivity contribution in [3.63, 3.8) is 0 Å². The minimum atomic E-state index is -0.473. The molecule has 15 aromatic rings. The lowest BCUT2D eigenvalue weighted by Gasteiger charge is -2.20. The first kappa shape index (κ1) is 90.5. The van der Waals surface area contributed by atoms with Crippen LogP contribution in [-0.4, -0.2) is 125 Å². The van der Waals surface area contributed by atoms with Crippen LogP contribution in [0.4, 0.5) is 98.5 Å². The van der Waals surface area contributed by atoms with Gasteiger partial charge in [-0.15, -0.1) is 6.42 Å². The molecule has 8 aromatic carbocycles. The highest BCUT2D eigenvalue weighted by atomic mass is 35.5. The van der Waals surface area contributed by atoms with Crippen molar-refractivity contribution in [3.05, 3.63) is 377 Å². The lowest BCUT2D eigenvalue weighted by atomic mass is 10.1. The highest BCUT2D eigenvalue weighted by molar-refractivity contribution is 6.33. The molecule has 0 atom stereocenters. The first-order valence-corrected chi connectivity index (χ1v) is 39.1. The number of halogens is 5. The number of anilines is 15. The maximum atomic E-state index is 14.2. The number of pyridine rings is 2. The van der Waals surface area contributed by atoms with Crippen LogP contribution in [0.3, 0.4) is 0 Å². The first-order chi connectivity index (χ1) is 60.7. The van der Waals surface area contributed by atoms with Crippen LogP contribution in [0.2, 0.25) is 10.0 Å². The van der Waals surface area contributed by atoms with Crippen molar-refractivity contribution < 1.29 is 37.1 Å². The van der Waals surface area contributed by atoms with E-state index in [-0.39, 0.29) is 29.3 Å². The molecule has 0 spiro atoms. The van der Waals surface area contributed by atoms with E-state index in [1.54, 1.807) is 208 Å². The van der Waals surface area contributed by atoms with E-state index in [0.717, 1.165) is 45.3 Å². The number of benzene rings is 8. The van der Waals surface area contributed by atoms with Gasteiger partial charge in [-0.05, 0) is 185 Å². The van der Waals surface area contributed by atoms with Crippen LogP contribution in [0, 0.1) is 57.5 Å². The number of carbonyl (C=O) groups excluding carboxylic acids is 5. The number of nitrogens with one attached hydrogen (secondary N) is 5. The van der Waals surface area contributed by atoms with E-state index in [0.29, 0.717) is 101 Å². The molecule has 126 heavy (non-hydrogen) atoms. The Morgan fingerprint density at radius 2 is 0.659 bits per heavy atom. The molecule has 32 heteroatoms. The zero-order valence-electron chi connectivity index (χ0n) is 69.3. The monoisotopic (exact) mass is 1720 g/mol. The Kier molecular flexibility index (Phi) is 31.5. The van der Waals surface area contributed by atoms with Crippen LogP contribution in [0.25, 0.3) is 0 Å². The number of rotatable bonds is 20. The standard InChI is InChI=1S/C20H15FN4O.2C19H17ClN4O.2C18H16FN5O/c1-3-14-5-4-6-15(7-14)20(26)24-17-8-16(21)9-18(10-17)25(2)19-11-22-13-23-12-19;1-13-4-3-5-14(6-13)19(25)23-16-7-15(20)8-17(9-16)24(2)18-10-21-12-22-11-18;1-13-4-3-5-14(8-13)19(25)23-15-6-7-17(20)18(9-15)24(2)16-10-21-12-22-11-16;1-12-4-3-5-17(22-12)18(25)23-14-6-13(19)7-15(8-14)24(2)16-9-20-11-21-10-16;1-12-4-3-5-16(22-12)18(25)23-13-6-7-15(19)17(8-13)24(2)14-9-20-11-21-10-14/h1,4-13H,2H3,(H,24,26);2*3-12H,1-2H3,(H,23,25);2*3-11H,1-2H3,(H,23,25). The van der Waals surface area contributed by atoms with Crippen molar-refractivity contribution in [2.24, 2.45) is 0 Å². The molecule has 0 saturated heterocycles. The van der Waals surface area contributed by atoms with Gasteiger partial charge in [0, 0.05) is 119 Å². The predicted octanol–water partition coefficient (Wildman–Crippen LogP) is 19.2. The molecule has 15 rings (SSSR count). The normalized spacial score (nSPS) is 10.3. The van der Waals surface area contributed by atoms with Crippen molar-refractivity contribution in [2.75, 3.05) is 86.3 Å². The number of aryl methyl sites for hydroxylation is 4. The topological polar surface area (TPSA) is 316 Å². The summed E-state index contributed by atoms with van der Waals surface area (Å²) in [6.45, 7) is 7.51. The van der Waals surface area contributed by atoms with Gasteiger partial charge in [-0.2, -0.15) is 0 Å². The van der Waals surface area contributed by atoms with Gasteiger partial charge in [0.25, 0.3) is 29.5 Å². The number of terminal acetylenes is 1. The van der Waals surface area contributed by atoms with E-state index in [1.165, 1.54) is 68.0 Å². The Morgan fingerprint density at radius 1 is 0.325 bits per heavy atom. The molecule has 27 nitrogen and oxygen atoms in total. The Bertz CT molecular complexity index is 6060. The third kappa shape index (κ3) is 25.9. The zero-order valence-corrected chi connectivity index (χ0v) is 70.8. The summed E-state index contributed by atoms with van der Waals surface area (Å²) in [5, 5.41) is 15.0. The summed E-state index contributed by atoms with van der Waals surface area (Å²) in [6.07, 6.45) is 29.0. The number of aromatic nitrogens is 12. The molecule has 0 aliphatic carbocycles. The number of carbonyl (C=O) groups is 5. The van der Waals surface area contributed by atoms with Gasteiger partial charge in [0.15, 0.2) is 0 Å². The molecule has 0 aliphatic rings. The number of amides is 5. The van der Waals surface area contributed by atoms with E-state index >= 15 is 0 Å². The summed E-state index contributed by atoms with van der Waals surface area (Å²) in [6, 6.07) is 55.6. The largest absolute Gasteiger partial charge is 0.342 e. The number of nitrogens with zero attached hydrogens (tertiary/aromatic N) is 17. The maximum Gasteiger partial charge on any atom is 0.274 e. The van der Waals surface area contributed by atoms with Crippen molar-refractivity contribution in [1.82, 2.24) is 59.8 Å². The van der Waals surface area contributed by atoms with Gasteiger partial charge in [-0.3, -0.25) is 24.0 Å². The van der Waals surface area contributed by atoms with Crippen molar-refractivity contribution in [3.8, 4) is 12.3 Å². The predicted molar refractivity (Wildman–Crippen MR) is 487 cm³/mol. The summed E-state index contributed by atoms with van der Waals surface area (Å²) in [5.41, 5.74) is 15.4. The summed E-state index contributed by atoms with van der Waals surface area (Å²) in [5.74, 6) is -0.342. The molecule has 5 amide bonds. The second-order valence-electron chi connectivity index (χ2n) is 27.8. The van der Waals surface area contributed by atoms with Crippen molar-refractivity contribution >= 4 is 138 Å². The molecule has 0 unspecified atom stereocenters. The quantitative estimate of drug-likeness (QED) is 0.0443. The molecule has 0 radical (unpaired) electrons. The smallest absolute Gasteiger partial charge is 0.274 e. The summed E-state index contributed by atoms with van der Waals surface area (Å²) in [4.78, 5) is 119.